The zero-order chi connectivity index (χ0) is 16.5. The Morgan fingerprint density at radius 1 is 1.25 bits per heavy atom. The van der Waals surface area contributed by atoms with Crippen LogP contribution in [0.15, 0.2) is 47.4 Å². The molecule has 1 unspecified atom stereocenters. The summed E-state index contributed by atoms with van der Waals surface area (Å²) in [6, 6.07) is 13.4. The molecule has 2 heterocycles. The van der Waals surface area contributed by atoms with E-state index in [0.717, 1.165) is 21.9 Å². The Morgan fingerprint density at radius 2 is 2.12 bits per heavy atom. The van der Waals surface area contributed by atoms with Crippen LogP contribution in [0.1, 0.15) is 5.56 Å². The van der Waals surface area contributed by atoms with Crippen LogP contribution in [0.4, 0.5) is 11.4 Å². The molecule has 2 amide bonds. The molecule has 0 bridgehead atoms. The smallest absolute Gasteiger partial charge is 0.234 e. The van der Waals surface area contributed by atoms with E-state index in [2.05, 4.69) is 10.6 Å². The Kier molecular flexibility index (Phi) is 3.90. The maximum absolute atomic E-state index is 12.5. The molecule has 0 aromatic heterocycles. The molecule has 0 radical (unpaired) electrons. The predicted octanol–water partition coefficient (Wildman–Crippen LogP) is 2.92. The SMILES string of the molecule is O=C1CSc2ccc(NC(=O)C3COc4ccccc4C3)cc2N1. The Bertz CT molecular complexity index is 822. The van der Waals surface area contributed by atoms with Crippen LogP contribution in [0.3, 0.4) is 0 Å². The predicted molar refractivity (Wildman–Crippen MR) is 93.6 cm³/mol. The minimum Gasteiger partial charge on any atom is -0.492 e. The van der Waals surface area contributed by atoms with Gasteiger partial charge >= 0.3 is 0 Å². The number of nitrogens with one attached hydrogen (secondary N) is 2. The standard InChI is InChI=1S/C18H16N2O3S/c21-17-10-24-16-6-5-13(8-14(16)20-17)19-18(22)12-7-11-3-1-2-4-15(11)23-9-12/h1-6,8,12H,7,9-10H2,(H,19,22)(H,20,21). The molecule has 2 aliphatic heterocycles. The van der Waals surface area contributed by atoms with Gasteiger partial charge in [0.05, 0.1) is 17.4 Å². The van der Waals surface area contributed by atoms with Crippen molar-refractivity contribution < 1.29 is 14.3 Å². The number of benzene rings is 2. The lowest BCUT2D eigenvalue weighted by atomic mass is 9.96. The fourth-order valence-electron chi connectivity index (χ4n) is 2.90. The van der Waals surface area contributed by atoms with Crippen molar-refractivity contribution in [3.05, 3.63) is 48.0 Å². The van der Waals surface area contributed by atoms with E-state index in [9.17, 15) is 9.59 Å². The lowest BCUT2D eigenvalue weighted by Gasteiger charge is -2.24. The second-order valence-electron chi connectivity index (χ2n) is 5.86. The Balaban J connectivity index is 1.47. The molecule has 1 atom stereocenters. The minimum atomic E-state index is -0.222. The van der Waals surface area contributed by atoms with Crippen LogP contribution in [-0.4, -0.2) is 24.2 Å². The Hall–Kier alpha value is -2.47. The van der Waals surface area contributed by atoms with Crippen molar-refractivity contribution in [3.8, 4) is 5.75 Å². The molecular formula is C18H16N2O3S. The van der Waals surface area contributed by atoms with E-state index in [0.29, 0.717) is 24.5 Å². The fourth-order valence-corrected chi connectivity index (χ4v) is 3.69. The average Bonchev–Trinajstić information content (AvgIpc) is 2.61. The Morgan fingerprint density at radius 3 is 3.04 bits per heavy atom. The van der Waals surface area contributed by atoms with Gasteiger partial charge in [0.15, 0.2) is 0 Å². The molecule has 4 rings (SSSR count). The van der Waals surface area contributed by atoms with E-state index in [-0.39, 0.29) is 17.7 Å². The zero-order valence-corrected chi connectivity index (χ0v) is 13.7. The van der Waals surface area contributed by atoms with Gasteiger partial charge in [-0.3, -0.25) is 9.59 Å². The quantitative estimate of drug-likeness (QED) is 0.882. The van der Waals surface area contributed by atoms with E-state index in [4.69, 9.17) is 4.74 Å². The normalized spacial score (nSPS) is 18.7. The topological polar surface area (TPSA) is 67.4 Å². The number of thioether (sulfide) groups is 1. The van der Waals surface area contributed by atoms with Crippen LogP contribution in [0.2, 0.25) is 0 Å². The van der Waals surface area contributed by atoms with Crippen molar-refractivity contribution in [1.29, 1.82) is 0 Å². The highest BCUT2D eigenvalue weighted by Crippen LogP contribution is 2.34. The number of hydrogen-bond acceptors (Lipinski definition) is 4. The summed E-state index contributed by atoms with van der Waals surface area (Å²) in [4.78, 5) is 25.0. The average molecular weight is 340 g/mol. The molecule has 2 N–H and O–H groups in total. The number of amides is 2. The number of para-hydroxylation sites is 1. The zero-order valence-electron chi connectivity index (χ0n) is 12.9. The summed E-state index contributed by atoms with van der Waals surface area (Å²) in [5.41, 5.74) is 2.48. The van der Waals surface area contributed by atoms with Gasteiger partial charge < -0.3 is 15.4 Å². The van der Waals surface area contributed by atoms with Gasteiger partial charge in [-0.1, -0.05) is 18.2 Å². The summed E-state index contributed by atoms with van der Waals surface area (Å²) >= 11 is 1.50. The van der Waals surface area contributed by atoms with E-state index >= 15 is 0 Å². The third-order valence-corrected chi connectivity index (χ3v) is 5.20. The minimum absolute atomic E-state index is 0.0201. The lowest BCUT2D eigenvalue weighted by molar-refractivity contribution is -0.121. The molecule has 5 nitrogen and oxygen atoms in total. The third kappa shape index (κ3) is 2.97. The van der Waals surface area contributed by atoms with Crippen molar-refractivity contribution in [2.45, 2.75) is 11.3 Å². The van der Waals surface area contributed by atoms with Crippen LogP contribution in [0, 0.1) is 5.92 Å². The van der Waals surface area contributed by atoms with Gasteiger partial charge in [0.2, 0.25) is 11.8 Å². The molecular weight excluding hydrogens is 324 g/mol. The van der Waals surface area contributed by atoms with Crippen LogP contribution < -0.4 is 15.4 Å². The molecule has 0 spiro atoms. The summed E-state index contributed by atoms with van der Waals surface area (Å²) in [6.45, 7) is 0.375. The third-order valence-electron chi connectivity index (χ3n) is 4.13. The molecule has 122 valence electrons. The first-order valence-electron chi connectivity index (χ1n) is 7.77. The van der Waals surface area contributed by atoms with Crippen molar-refractivity contribution in [1.82, 2.24) is 0 Å². The van der Waals surface area contributed by atoms with Gasteiger partial charge in [-0.05, 0) is 36.2 Å². The highest BCUT2D eigenvalue weighted by atomic mass is 32.2. The van der Waals surface area contributed by atoms with E-state index in [1.165, 1.54) is 11.8 Å². The van der Waals surface area contributed by atoms with Gasteiger partial charge in [0, 0.05) is 10.6 Å². The second-order valence-corrected chi connectivity index (χ2v) is 6.87. The van der Waals surface area contributed by atoms with Crippen molar-refractivity contribution in [3.63, 3.8) is 0 Å². The number of rotatable bonds is 2. The lowest BCUT2D eigenvalue weighted by Crippen LogP contribution is -2.32. The maximum atomic E-state index is 12.5. The number of carbonyl (C=O) groups is 2. The van der Waals surface area contributed by atoms with Gasteiger partial charge in [-0.15, -0.1) is 11.8 Å². The first-order chi connectivity index (χ1) is 11.7. The molecule has 6 heteroatoms. The van der Waals surface area contributed by atoms with Gasteiger partial charge in [-0.25, -0.2) is 0 Å². The number of anilines is 2. The van der Waals surface area contributed by atoms with Gasteiger partial charge in [-0.2, -0.15) is 0 Å². The van der Waals surface area contributed by atoms with Crippen molar-refractivity contribution in [2.75, 3.05) is 23.0 Å². The molecule has 0 saturated heterocycles. The largest absolute Gasteiger partial charge is 0.492 e. The Labute approximate surface area is 143 Å². The van der Waals surface area contributed by atoms with E-state index in [1.54, 1.807) is 6.07 Å². The number of hydrogen-bond donors (Lipinski definition) is 2. The number of fused-ring (bicyclic) bond motifs is 2. The molecule has 2 aliphatic rings. The molecule has 0 saturated carbocycles. The number of carbonyl (C=O) groups excluding carboxylic acids is 2. The maximum Gasteiger partial charge on any atom is 0.234 e. The van der Waals surface area contributed by atoms with Crippen molar-refractivity contribution in [2.24, 2.45) is 5.92 Å². The summed E-state index contributed by atoms with van der Waals surface area (Å²) in [7, 11) is 0. The number of ether oxygens (including phenoxy) is 1. The molecule has 2 aromatic rings. The summed E-state index contributed by atoms with van der Waals surface area (Å²) in [6.07, 6.45) is 0.666. The first-order valence-corrected chi connectivity index (χ1v) is 8.76. The van der Waals surface area contributed by atoms with E-state index < -0.39 is 0 Å². The van der Waals surface area contributed by atoms with Gasteiger partial charge in [0.1, 0.15) is 12.4 Å². The van der Waals surface area contributed by atoms with Crippen LogP contribution in [0.5, 0.6) is 5.75 Å². The van der Waals surface area contributed by atoms with Crippen LogP contribution >= 0.6 is 11.8 Å². The van der Waals surface area contributed by atoms with Crippen LogP contribution in [0.25, 0.3) is 0 Å². The molecule has 0 fully saturated rings. The summed E-state index contributed by atoms with van der Waals surface area (Å²) < 4.78 is 5.68. The highest BCUT2D eigenvalue weighted by molar-refractivity contribution is 8.00. The van der Waals surface area contributed by atoms with Crippen molar-refractivity contribution >= 4 is 35.0 Å². The highest BCUT2D eigenvalue weighted by Gasteiger charge is 2.26. The van der Waals surface area contributed by atoms with E-state index in [1.807, 2.05) is 36.4 Å². The molecule has 24 heavy (non-hydrogen) atoms. The van der Waals surface area contributed by atoms with Crippen LogP contribution in [-0.2, 0) is 16.0 Å². The second kappa shape index (κ2) is 6.20. The fraction of sp³-hybridized carbons (Fsp3) is 0.222. The molecule has 2 aromatic carbocycles. The summed E-state index contributed by atoms with van der Waals surface area (Å²) in [5.74, 6) is 0.972. The first kappa shape index (κ1) is 15.1. The summed E-state index contributed by atoms with van der Waals surface area (Å²) in [5, 5.41) is 5.76. The van der Waals surface area contributed by atoms with Gasteiger partial charge in [0.25, 0.3) is 0 Å². The molecule has 0 aliphatic carbocycles. The monoisotopic (exact) mass is 340 g/mol.